The van der Waals surface area contributed by atoms with E-state index in [1.807, 2.05) is 0 Å². The summed E-state index contributed by atoms with van der Waals surface area (Å²) < 4.78 is 5.33. The average Bonchev–Trinajstić information content (AvgIpc) is 2.86. The smallest absolute Gasteiger partial charge is 0.435 e. The van der Waals surface area contributed by atoms with Crippen molar-refractivity contribution in [3.63, 3.8) is 0 Å². The lowest BCUT2D eigenvalue weighted by Crippen LogP contribution is -2.35. The van der Waals surface area contributed by atoms with Gasteiger partial charge in [-0.15, -0.1) is 0 Å². The summed E-state index contributed by atoms with van der Waals surface area (Å²) in [5.41, 5.74) is 1.37. The van der Waals surface area contributed by atoms with Crippen molar-refractivity contribution in [2.75, 3.05) is 6.61 Å². The Kier molecular flexibility index (Phi) is 4.14. The summed E-state index contributed by atoms with van der Waals surface area (Å²) in [6.45, 7) is 7.62. The Labute approximate surface area is 124 Å². The largest absolute Gasteiger partial charge is 0.442 e. The third kappa shape index (κ3) is 3.50. The molecule has 0 radical (unpaired) electrons. The van der Waals surface area contributed by atoms with Crippen LogP contribution in [-0.4, -0.2) is 28.3 Å². The van der Waals surface area contributed by atoms with Gasteiger partial charge < -0.3 is 4.74 Å². The van der Waals surface area contributed by atoms with Crippen LogP contribution in [-0.2, 0) is 9.57 Å². The van der Waals surface area contributed by atoms with Crippen molar-refractivity contribution in [1.29, 1.82) is 5.26 Å². The molecule has 1 amide bonds. The lowest BCUT2D eigenvalue weighted by atomic mass is 10.0. The SMILES string of the molecule is Cc1ncc([C@H]2CCON2C(=O)OC(C)(C)C)cc1C#N. The summed E-state index contributed by atoms with van der Waals surface area (Å²) in [5.74, 6) is 0. The van der Waals surface area contributed by atoms with E-state index >= 15 is 0 Å². The summed E-state index contributed by atoms with van der Waals surface area (Å²) in [6.07, 6.45) is 1.80. The van der Waals surface area contributed by atoms with E-state index in [2.05, 4.69) is 11.1 Å². The van der Waals surface area contributed by atoms with Gasteiger partial charge in [0.25, 0.3) is 0 Å². The van der Waals surface area contributed by atoms with Gasteiger partial charge >= 0.3 is 6.09 Å². The summed E-state index contributed by atoms with van der Waals surface area (Å²) in [4.78, 5) is 21.7. The van der Waals surface area contributed by atoms with Crippen LogP contribution in [0.5, 0.6) is 0 Å². The molecule has 1 aromatic heterocycles. The fourth-order valence-corrected chi connectivity index (χ4v) is 2.10. The molecule has 0 saturated carbocycles. The molecule has 0 N–H and O–H groups in total. The number of nitrogens with zero attached hydrogens (tertiary/aromatic N) is 3. The molecule has 1 aliphatic rings. The quantitative estimate of drug-likeness (QED) is 0.794. The van der Waals surface area contributed by atoms with Gasteiger partial charge in [0.05, 0.1) is 23.9 Å². The Hall–Kier alpha value is -2.13. The molecule has 0 aromatic carbocycles. The van der Waals surface area contributed by atoms with E-state index in [0.29, 0.717) is 24.3 Å². The molecule has 1 saturated heterocycles. The molecule has 6 heteroatoms. The first-order valence-corrected chi connectivity index (χ1v) is 6.83. The van der Waals surface area contributed by atoms with E-state index in [-0.39, 0.29) is 6.04 Å². The van der Waals surface area contributed by atoms with Crippen LogP contribution in [0.1, 0.15) is 50.1 Å². The van der Waals surface area contributed by atoms with Crippen LogP contribution in [0.15, 0.2) is 12.3 Å². The number of amides is 1. The summed E-state index contributed by atoms with van der Waals surface area (Å²) in [6, 6.07) is 3.57. The van der Waals surface area contributed by atoms with Gasteiger partial charge in [-0.05, 0) is 39.3 Å². The second-order valence-electron chi connectivity index (χ2n) is 5.96. The number of hydrogen-bond donors (Lipinski definition) is 0. The zero-order valence-corrected chi connectivity index (χ0v) is 12.7. The van der Waals surface area contributed by atoms with E-state index in [1.165, 1.54) is 5.06 Å². The first kappa shape index (κ1) is 15.3. The Morgan fingerprint density at radius 2 is 2.29 bits per heavy atom. The van der Waals surface area contributed by atoms with Gasteiger partial charge in [0, 0.05) is 12.6 Å². The highest BCUT2D eigenvalue weighted by molar-refractivity contribution is 5.67. The molecular weight excluding hydrogens is 270 g/mol. The number of carbonyl (C=O) groups is 1. The minimum atomic E-state index is -0.586. The molecular formula is C15H19N3O3. The van der Waals surface area contributed by atoms with Crippen LogP contribution in [0.3, 0.4) is 0 Å². The fraction of sp³-hybridized carbons (Fsp3) is 0.533. The van der Waals surface area contributed by atoms with E-state index in [4.69, 9.17) is 14.8 Å². The van der Waals surface area contributed by atoms with E-state index < -0.39 is 11.7 Å². The third-order valence-corrected chi connectivity index (χ3v) is 3.09. The van der Waals surface area contributed by atoms with Crippen LogP contribution < -0.4 is 0 Å². The standard InChI is InChI=1S/C15H19N3O3/c1-10-11(8-16)7-12(9-17-10)13-5-6-20-18(13)14(19)21-15(2,3)4/h7,9,13H,5-6H2,1-4H3/t13-/m1/s1. The summed E-state index contributed by atoms with van der Waals surface area (Å²) >= 11 is 0. The number of nitriles is 1. The number of hydrogen-bond acceptors (Lipinski definition) is 5. The van der Waals surface area contributed by atoms with Crippen molar-refractivity contribution < 1.29 is 14.4 Å². The topological polar surface area (TPSA) is 75.4 Å². The zero-order chi connectivity index (χ0) is 15.6. The van der Waals surface area contributed by atoms with Crippen molar-refractivity contribution in [2.24, 2.45) is 0 Å². The van der Waals surface area contributed by atoms with Gasteiger partial charge in [-0.2, -0.15) is 10.3 Å². The van der Waals surface area contributed by atoms with Gasteiger partial charge in [0.15, 0.2) is 0 Å². The molecule has 1 fully saturated rings. The lowest BCUT2D eigenvalue weighted by molar-refractivity contribution is -0.125. The van der Waals surface area contributed by atoms with E-state index in [0.717, 1.165) is 5.56 Å². The summed E-state index contributed by atoms with van der Waals surface area (Å²) in [7, 11) is 0. The third-order valence-electron chi connectivity index (χ3n) is 3.09. The van der Waals surface area contributed by atoms with Crippen molar-refractivity contribution in [2.45, 2.75) is 45.8 Å². The van der Waals surface area contributed by atoms with Gasteiger partial charge in [-0.3, -0.25) is 9.82 Å². The number of pyridine rings is 1. The molecule has 1 aliphatic heterocycles. The number of carbonyl (C=O) groups excluding carboxylic acids is 1. The van der Waals surface area contributed by atoms with Crippen LogP contribution in [0.4, 0.5) is 4.79 Å². The van der Waals surface area contributed by atoms with Gasteiger partial charge in [-0.1, -0.05) is 0 Å². The Morgan fingerprint density at radius 3 is 2.90 bits per heavy atom. The molecule has 6 nitrogen and oxygen atoms in total. The maximum absolute atomic E-state index is 12.2. The van der Waals surface area contributed by atoms with Crippen molar-refractivity contribution in [3.05, 3.63) is 29.1 Å². The minimum absolute atomic E-state index is 0.278. The Bertz CT molecular complexity index is 587. The molecule has 0 bridgehead atoms. The Morgan fingerprint density at radius 1 is 1.57 bits per heavy atom. The van der Waals surface area contributed by atoms with Crippen LogP contribution in [0, 0.1) is 18.3 Å². The van der Waals surface area contributed by atoms with Crippen molar-refractivity contribution >= 4 is 6.09 Å². The monoisotopic (exact) mass is 289 g/mol. The molecule has 0 aliphatic carbocycles. The first-order chi connectivity index (χ1) is 9.81. The van der Waals surface area contributed by atoms with Crippen molar-refractivity contribution in [1.82, 2.24) is 10.0 Å². The minimum Gasteiger partial charge on any atom is -0.442 e. The normalized spacial score (nSPS) is 18.4. The second kappa shape index (κ2) is 5.70. The molecule has 1 atom stereocenters. The molecule has 2 rings (SSSR count). The number of ether oxygens (including phenoxy) is 1. The van der Waals surface area contributed by atoms with Gasteiger partial charge in [-0.25, -0.2) is 4.79 Å². The van der Waals surface area contributed by atoms with E-state index in [1.54, 1.807) is 40.0 Å². The van der Waals surface area contributed by atoms with Gasteiger partial charge in [0.2, 0.25) is 0 Å². The molecule has 21 heavy (non-hydrogen) atoms. The highest BCUT2D eigenvalue weighted by atomic mass is 16.7. The second-order valence-corrected chi connectivity index (χ2v) is 5.96. The van der Waals surface area contributed by atoms with Crippen molar-refractivity contribution in [3.8, 4) is 6.07 Å². The molecule has 2 heterocycles. The number of aromatic nitrogens is 1. The fourth-order valence-electron chi connectivity index (χ4n) is 2.10. The average molecular weight is 289 g/mol. The molecule has 1 aromatic rings. The highest BCUT2D eigenvalue weighted by Crippen LogP contribution is 2.32. The first-order valence-electron chi connectivity index (χ1n) is 6.83. The van der Waals surface area contributed by atoms with E-state index in [9.17, 15) is 4.79 Å². The van der Waals surface area contributed by atoms with Gasteiger partial charge in [0.1, 0.15) is 11.7 Å². The lowest BCUT2D eigenvalue weighted by Gasteiger charge is -2.27. The van der Waals surface area contributed by atoms with Crippen LogP contribution >= 0.6 is 0 Å². The molecule has 0 spiro atoms. The summed E-state index contributed by atoms with van der Waals surface area (Å²) in [5, 5.41) is 10.3. The molecule has 112 valence electrons. The van der Waals surface area contributed by atoms with Crippen LogP contribution in [0.2, 0.25) is 0 Å². The predicted molar refractivity (Wildman–Crippen MR) is 75.1 cm³/mol. The predicted octanol–water partition coefficient (Wildman–Crippen LogP) is 2.88. The maximum Gasteiger partial charge on any atom is 0.435 e. The zero-order valence-electron chi connectivity index (χ0n) is 12.7. The maximum atomic E-state index is 12.2. The highest BCUT2D eigenvalue weighted by Gasteiger charge is 2.35. The number of aryl methyl sites for hydroxylation is 1. The molecule has 0 unspecified atom stereocenters. The Balaban J connectivity index is 2.23. The number of hydroxylamine groups is 2. The number of rotatable bonds is 1. The van der Waals surface area contributed by atoms with Crippen LogP contribution in [0.25, 0.3) is 0 Å².